The van der Waals surface area contributed by atoms with Crippen LogP contribution in [0.1, 0.15) is 15.9 Å². The fraction of sp³-hybridized carbons (Fsp3) is 0.158. The summed E-state index contributed by atoms with van der Waals surface area (Å²) in [7, 11) is 1.86. The number of phenolic OH excluding ortho intramolecular Hbond substituents is 2. The molecule has 7 nitrogen and oxygen atoms in total. The first-order valence-corrected chi connectivity index (χ1v) is 7.96. The van der Waals surface area contributed by atoms with Gasteiger partial charge < -0.3 is 25.2 Å². The van der Waals surface area contributed by atoms with E-state index in [0.29, 0.717) is 0 Å². The number of hydrogen-bond acceptors (Lipinski definition) is 4. The Kier molecular flexibility index (Phi) is 4.53. The largest absolute Gasteiger partial charge is 0.507 e. The van der Waals surface area contributed by atoms with Crippen LogP contribution >= 0.6 is 0 Å². The Morgan fingerprint density at radius 3 is 2.38 bits per heavy atom. The molecule has 2 aromatic carbocycles. The first-order chi connectivity index (χ1) is 12.4. The van der Waals surface area contributed by atoms with Gasteiger partial charge in [0.05, 0.1) is 0 Å². The molecule has 0 aliphatic heterocycles. The number of nitrogens with one attached hydrogen (secondary N) is 1. The zero-order chi connectivity index (χ0) is 18.8. The Balaban J connectivity index is 1.88. The summed E-state index contributed by atoms with van der Waals surface area (Å²) in [5.41, 5.74) is 1.38. The highest BCUT2D eigenvalue weighted by atomic mass is 16.4. The van der Waals surface area contributed by atoms with Gasteiger partial charge in [0.25, 0.3) is 5.91 Å². The second-order valence-corrected chi connectivity index (χ2v) is 6.02. The number of hydrogen-bond donors (Lipinski definition) is 4. The van der Waals surface area contributed by atoms with Gasteiger partial charge in [-0.1, -0.05) is 24.3 Å². The van der Waals surface area contributed by atoms with E-state index in [4.69, 9.17) is 0 Å². The fourth-order valence-electron chi connectivity index (χ4n) is 3.00. The van der Waals surface area contributed by atoms with Crippen molar-refractivity contribution in [3.8, 4) is 11.5 Å². The maximum atomic E-state index is 12.4. The normalized spacial score (nSPS) is 12.0. The van der Waals surface area contributed by atoms with Crippen LogP contribution in [0.4, 0.5) is 0 Å². The smallest absolute Gasteiger partial charge is 0.326 e. The molecule has 0 saturated carbocycles. The number of fused-ring (bicyclic) bond motifs is 1. The van der Waals surface area contributed by atoms with Crippen molar-refractivity contribution in [2.24, 2.45) is 7.05 Å². The second-order valence-electron chi connectivity index (χ2n) is 6.02. The molecule has 1 heterocycles. The van der Waals surface area contributed by atoms with Crippen molar-refractivity contribution in [1.82, 2.24) is 9.88 Å². The minimum absolute atomic E-state index is 0.0663. The van der Waals surface area contributed by atoms with Crippen molar-refractivity contribution in [3.63, 3.8) is 0 Å². The van der Waals surface area contributed by atoms with Crippen LogP contribution in [0, 0.1) is 0 Å². The summed E-state index contributed by atoms with van der Waals surface area (Å²) in [4.78, 5) is 24.0. The molecule has 1 aromatic heterocycles. The molecule has 7 heteroatoms. The summed E-state index contributed by atoms with van der Waals surface area (Å²) in [6, 6.07) is 10.2. The Morgan fingerprint density at radius 1 is 1.08 bits per heavy atom. The van der Waals surface area contributed by atoms with E-state index >= 15 is 0 Å². The SMILES string of the molecule is Cn1cc(C[C@H](NC(=O)c2c(O)cccc2O)C(=O)O)c2ccccc21. The van der Waals surface area contributed by atoms with E-state index in [1.165, 1.54) is 18.2 Å². The summed E-state index contributed by atoms with van der Waals surface area (Å²) in [6.45, 7) is 0. The van der Waals surface area contributed by atoms with Gasteiger partial charge in [0.1, 0.15) is 23.1 Å². The zero-order valence-electron chi connectivity index (χ0n) is 14.0. The molecular formula is C19H18N2O5. The highest BCUT2D eigenvalue weighted by Crippen LogP contribution is 2.26. The molecule has 0 unspecified atom stereocenters. The van der Waals surface area contributed by atoms with Gasteiger partial charge in [-0.25, -0.2) is 4.79 Å². The summed E-state index contributed by atoms with van der Waals surface area (Å²) in [5, 5.41) is 32.3. The standard InChI is InChI=1S/C19H18N2O5/c1-21-10-11(12-5-2-3-6-14(12)21)9-13(19(25)26)20-18(24)17-15(22)7-4-8-16(17)23/h2-8,10,13,22-23H,9H2,1H3,(H,20,24)(H,25,26)/t13-/m0/s1. The van der Waals surface area contributed by atoms with E-state index in [1.54, 1.807) is 0 Å². The molecule has 0 bridgehead atoms. The van der Waals surface area contributed by atoms with Crippen molar-refractivity contribution in [1.29, 1.82) is 0 Å². The van der Waals surface area contributed by atoms with Crippen LogP contribution in [-0.2, 0) is 18.3 Å². The Hall–Kier alpha value is -3.48. The first-order valence-electron chi connectivity index (χ1n) is 7.96. The van der Waals surface area contributed by atoms with Crippen molar-refractivity contribution in [3.05, 3.63) is 59.8 Å². The van der Waals surface area contributed by atoms with E-state index in [9.17, 15) is 24.9 Å². The molecule has 134 valence electrons. The number of nitrogens with zero attached hydrogens (tertiary/aromatic N) is 1. The van der Waals surface area contributed by atoms with E-state index < -0.39 is 29.4 Å². The lowest BCUT2D eigenvalue weighted by Crippen LogP contribution is -2.42. The Bertz CT molecular complexity index is 973. The third-order valence-corrected chi connectivity index (χ3v) is 4.25. The van der Waals surface area contributed by atoms with Crippen LogP contribution in [-0.4, -0.2) is 37.8 Å². The summed E-state index contributed by atoms with van der Waals surface area (Å²) >= 11 is 0. The average Bonchev–Trinajstić information content (AvgIpc) is 2.90. The highest BCUT2D eigenvalue weighted by Gasteiger charge is 2.25. The number of aromatic nitrogens is 1. The monoisotopic (exact) mass is 354 g/mol. The summed E-state index contributed by atoms with van der Waals surface area (Å²) < 4.78 is 1.89. The van der Waals surface area contributed by atoms with E-state index in [2.05, 4.69) is 5.32 Å². The summed E-state index contributed by atoms with van der Waals surface area (Å²) in [6.07, 6.45) is 1.89. The van der Waals surface area contributed by atoms with E-state index in [1.807, 2.05) is 42.1 Å². The number of amides is 1. The van der Waals surface area contributed by atoms with E-state index in [0.717, 1.165) is 16.5 Å². The van der Waals surface area contributed by atoms with Crippen LogP contribution < -0.4 is 5.32 Å². The van der Waals surface area contributed by atoms with Crippen LogP contribution in [0.3, 0.4) is 0 Å². The van der Waals surface area contributed by atoms with Crippen LogP contribution in [0.5, 0.6) is 11.5 Å². The van der Waals surface area contributed by atoms with Gasteiger partial charge >= 0.3 is 5.97 Å². The van der Waals surface area contributed by atoms with Gasteiger partial charge in [0.2, 0.25) is 0 Å². The predicted molar refractivity (Wildman–Crippen MR) is 95.3 cm³/mol. The lowest BCUT2D eigenvalue weighted by molar-refractivity contribution is -0.139. The molecule has 0 fully saturated rings. The molecule has 4 N–H and O–H groups in total. The molecule has 26 heavy (non-hydrogen) atoms. The van der Waals surface area contributed by atoms with Gasteiger partial charge in [-0.2, -0.15) is 0 Å². The second kappa shape index (κ2) is 6.79. The minimum atomic E-state index is -1.22. The molecule has 0 saturated heterocycles. The van der Waals surface area contributed by atoms with Gasteiger partial charge in [0, 0.05) is 30.6 Å². The number of benzene rings is 2. The number of aromatic hydroxyl groups is 2. The molecule has 0 radical (unpaired) electrons. The number of carbonyl (C=O) groups excluding carboxylic acids is 1. The molecule has 3 aromatic rings. The maximum Gasteiger partial charge on any atom is 0.326 e. The van der Waals surface area contributed by atoms with Crippen LogP contribution in [0.25, 0.3) is 10.9 Å². The van der Waals surface area contributed by atoms with E-state index in [-0.39, 0.29) is 12.0 Å². The molecule has 3 rings (SSSR count). The number of phenols is 2. The fourth-order valence-corrected chi connectivity index (χ4v) is 3.00. The molecule has 1 amide bonds. The Morgan fingerprint density at radius 2 is 1.73 bits per heavy atom. The summed E-state index contributed by atoms with van der Waals surface area (Å²) in [5.74, 6) is -2.90. The Labute approximate surface area is 149 Å². The topological polar surface area (TPSA) is 112 Å². The number of para-hydroxylation sites is 1. The average molecular weight is 354 g/mol. The number of carboxylic acid groups (broad SMARTS) is 1. The van der Waals surface area contributed by atoms with Crippen molar-refractivity contribution < 1.29 is 24.9 Å². The predicted octanol–water partition coefficient (Wildman–Crippen LogP) is 2.02. The number of aliphatic carboxylic acids is 1. The third-order valence-electron chi connectivity index (χ3n) is 4.25. The van der Waals surface area contributed by atoms with Crippen LogP contribution in [0.2, 0.25) is 0 Å². The first kappa shape index (κ1) is 17.3. The van der Waals surface area contributed by atoms with Crippen molar-refractivity contribution >= 4 is 22.8 Å². The third kappa shape index (κ3) is 3.19. The maximum absolute atomic E-state index is 12.4. The van der Waals surface area contributed by atoms with Gasteiger partial charge in [-0.3, -0.25) is 4.79 Å². The highest BCUT2D eigenvalue weighted by molar-refractivity contribution is 6.01. The van der Waals surface area contributed by atoms with Gasteiger partial charge in [0.15, 0.2) is 0 Å². The molecule has 1 atom stereocenters. The molecule has 0 aliphatic rings. The lowest BCUT2D eigenvalue weighted by atomic mass is 10.0. The quantitative estimate of drug-likeness (QED) is 0.560. The lowest BCUT2D eigenvalue weighted by Gasteiger charge is -2.15. The van der Waals surface area contributed by atoms with Crippen LogP contribution in [0.15, 0.2) is 48.7 Å². The minimum Gasteiger partial charge on any atom is -0.507 e. The zero-order valence-corrected chi connectivity index (χ0v) is 14.0. The van der Waals surface area contributed by atoms with Crippen molar-refractivity contribution in [2.45, 2.75) is 12.5 Å². The number of carboxylic acids is 1. The van der Waals surface area contributed by atoms with Crippen molar-refractivity contribution in [2.75, 3.05) is 0 Å². The molecule has 0 spiro atoms. The van der Waals surface area contributed by atoms with Gasteiger partial charge in [-0.05, 0) is 23.8 Å². The number of rotatable bonds is 5. The number of carbonyl (C=O) groups is 2. The number of aryl methyl sites for hydroxylation is 1. The molecular weight excluding hydrogens is 336 g/mol. The van der Waals surface area contributed by atoms with Gasteiger partial charge in [-0.15, -0.1) is 0 Å². The molecule has 0 aliphatic carbocycles.